The molecule has 3 aliphatic rings. The number of fused-ring (bicyclic) bond motifs is 1. The van der Waals surface area contributed by atoms with E-state index in [4.69, 9.17) is 0 Å². The van der Waals surface area contributed by atoms with Gasteiger partial charge < -0.3 is 15.5 Å². The Balaban J connectivity index is 1.39. The summed E-state index contributed by atoms with van der Waals surface area (Å²) >= 11 is 0. The molecule has 1 saturated carbocycles. The number of carbonyl (C=O) groups is 3. The van der Waals surface area contributed by atoms with Gasteiger partial charge in [-0.15, -0.1) is 0 Å². The Kier molecular flexibility index (Phi) is 5.38. The zero-order chi connectivity index (χ0) is 19.7. The minimum atomic E-state index is -0.460. The molecule has 2 aliphatic heterocycles. The monoisotopic (exact) mass is 383 g/mol. The molecule has 1 aliphatic carbocycles. The molecular formula is C22H29N3O3. The van der Waals surface area contributed by atoms with Crippen LogP contribution in [-0.2, 0) is 9.59 Å². The van der Waals surface area contributed by atoms with E-state index in [9.17, 15) is 14.4 Å². The average Bonchev–Trinajstić information content (AvgIpc) is 3.11. The Morgan fingerprint density at radius 3 is 2.75 bits per heavy atom. The van der Waals surface area contributed by atoms with Gasteiger partial charge in [0.05, 0.1) is 0 Å². The number of aryl methyl sites for hydroxylation is 1. The summed E-state index contributed by atoms with van der Waals surface area (Å²) in [5, 5.41) is 5.96. The topological polar surface area (TPSA) is 78.5 Å². The number of piperazine rings is 1. The van der Waals surface area contributed by atoms with Crippen molar-refractivity contribution >= 4 is 17.7 Å². The van der Waals surface area contributed by atoms with E-state index >= 15 is 0 Å². The SMILES string of the molecule is Cc1cccc(C(=O)N[C@H]2C[C@H]3C(=O)N[C@@H](CC4CCCCC4)C(=O)N3C2)c1. The van der Waals surface area contributed by atoms with Gasteiger partial charge in [-0.1, -0.05) is 49.8 Å². The molecule has 4 rings (SSSR count). The number of nitrogens with one attached hydrogen (secondary N) is 2. The van der Waals surface area contributed by atoms with Gasteiger partial charge >= 0.3 is 0 Å². The molecular weight excluding hydrogens is 354 g/mol. The lowest BCUT2D eigenvalue weighted by atomic mass is 9.84. The van der Waals surface area contributed by atoms with Crippen LogP contribution in [0.5, 0.6) is 0 Å². The fraction of sp³-hybridized carbons (Fsp3) is 0.591. The van der Waals surface area contributed by atoms with Crippen molar-refractivity contribution < 1.29 is 14.4 Å². The van der Waals surface area contributed by atoms with E-state index in [0.29, 0.717) is 24.4 Å². The maximum absolute atomic E-state index is 13.0. The van der Waals surface area contributed by atoms with E-state index in [2.05, 4.69) is 10.6 Å². The molecule has 3 fully saturated rings. The molecule has 28 heavy (non-hydrogen) atoms. The van der Waals surface area contributed by atoms with Crippen molar-refractivity contribution in [2.75, 3.05) is 6.54 Å². The number of hydrogen-bond donors (Lipinski definition) is 2. The summed E-state index contributed by atoms with van der Waals surface area (Å²) in [6.45, 7) is 2.36. The van der Waals surface area contributed by atoms with Crippen molar-refractivity contribution in [1.82, 2.24) is 15.5 Å². The summed E-state index contributed by atoms with van der Waals surface area (Å²) in [4.78, 5) is 39.8. The molecule has 0 spiro atoms. The maximum Gasteiger partial charge on any atom is 0.251 e. The molecule has 6 nitrogen and oxygen atoms in total. The van der Waals surface area contributed by atoms with E-state index < -0.39 is 12.1 Å². The van der Waals surface area contributed by atoms with Crippen LogP contribution in [0.4, 0.5) is 0 Å². The summed E-state index contributed by atoms with van der Waals surface area (Å²) in [7, 11) is 0. The molecule has 2 saturated heterocycles. The van der Waals surface area contributed by atoms with Crippen LogP contribution in [-0.4, -0.2) is 47.3 Å². The van der Waals surface area contributed by atoms with Crippen LogP contribution in [0.1, 0.15) is 60.9 Å². The maximum atomic E-state index is 13.0. The number of carbonyl (C=O) groups excluding carboxylic acids is 3. The largest absolute Gasteiger partial charge is 0.347 e. The molecule has 0 bridgehead atoms. The predicted molar refractivity (Wildman–Crippen MR) is 106 cm³/mol. The highest BCUT2D eigenvalue weighted by atomic mass is 16.2. The van der Waals surface area contributed by atoms with E-state index in [1.807, 2.05) is 25.1 Å². The van der Waals surface area contributed by atoms with Crippen LogP contribution >= 0.6 is 0 Å². The third kappa shape index (κ3) is 3.91. The van der Waals surface area contributed by atoms with E-state index in [-0.39, 0.29) is 23.8 Å². The second-order valence-corrected chi connectivity index (χ2v) is 8.58. The Morgan fingerprint density at radius 2 is 2.00 bits per heavy atom. The van der Waals surface area contributed by atoms with Crippen molar-refractivity contribution in [3.63, 3.8) is 0 Å². The van der Waals surface area contributed by atoms with Gasteiger partial charge in [-0.25, -0.2) is 0 Å². The quantitative estimate of drug-likeness (QED) is 0.836. The molecule has 2 heterocycles. The third-order valence-corrected chi connectivity index (χ3v) is 6.41. The molecule has 0 radical (unpaired) electrons. The van der Waals surface area contributed by atoms with E-state index in [1.165, 1.54) is 19.3 Å². The van der Waals surface area contributed by atoms with Gasteiger partial charge in [-0.05, 0) is 37.8 Å². The minimum absolute atomic E-state index is 0.0162. The first kappa shape index (κ1) is 19.0. The van der Waals surface area contributed by atoms with Crippen molar-refractivity contribution in [3.05, 3.63) is 35.4 Å². The van der Waals surface area contributed by atoms with Crippen LogP contribution in [0, 0.1) is 12.8 Å². The van der Waals surface area contributed by atoms with Crippen molar-refractivity contribution in [1.29, 1.82) is 0 Å². The third-order valence-electron chi connectivity index (χ3n) is 6.41. The Bertz CT molecular complexity index is 772. The number of amides is 3. The second kappa shape index (κ2) is 7.94. The molecule has 3 amide bonds. The fourth-order valence-electron chi connectivity index (χ4n) is 4.93. The lowest BCUT2D eigenvalue weighted by Crippen LogP contribution is -2.61. The molecule has 150 valence electrons. The van der Waals surface area contributed by atoms with E-state index in [1.54, 1.807) is 11.0 Å². The Labute approximate surface area is 166 Å². The minimum Gasteiger partial charge on any atom is -0.347 e. The van der Waals surface area contributed by atoms with Crippen LogP contribution in [0.15, 0.2) is 24.3 Å². The van der Waals surface area contributed by atoms with Crippen molar-refractivity contribution in [3.8, 4) is 0 Å². The molecule has 6 heteroatoms. The highest BCUT2D eigenvalue weighted by Gasteiger charge is 2.47. The van der Waals surface area contributed by atoms with Gasteiger partial charge in [0.15, 0.2) is 0 Å². The van der Waals surface area contributed by atoms with E-state index in [0.717, 1.165) is 24.8 Å². The number of nitrogens with zero attached hydrogens (tertiary/aromatic N) is 1. The lowest BCUT2D eigenvalue weighted by molar-refractivity contribution is -0.147. The van der Waals surface area contributed by atoms with Crippen LogP contribution in [0.3, 0.4) is 0 Å². The zero-order valence-corrected chi connectivity index (χ0v) is 16.4. The summed E-state index contributed by atoms with van der Waals surface area (Å²) in [6.07, 6.45) is 7.24. The van der Waals surface area contributed by atoms with Crippen LogP contribution < -0.4 is 10.6 Å². The van der Waals surface area contributed by atoms with Gasteiger partial charge in [-0.2, -0.15) is 0 Å². The molecule has 0 unspecified atom stereocenters. The summed E-state index contributed by atoms with van der Waals surface area (Å²) < 4.78 is 0. The smallest absolute Gasteiger partial charge is 0.251 e. The number of benzene rings is 1. The molecule has 1 aromatic rings. The van der Waals surface area contributed by atoms with Gasteiger partial charge in [-0.3, -0.25) is 14.4 Å². The van der Waals surface area contributed by atoms with Gasteiger partial charge in [0.1, 0.15) is 12.1 Å². The summed E-state index contributed by atoms with van der Waals surface area (Å²) in [6, 6.07) is 6.37. The zero-order valence-electron chi connectivity index (χ0n) is 16.4. The normalized spacial score (nSPS) is 28.0. The fourth-order valence-corrected chi connectivity index (χ4v) is 4.93. The predicted octanol–water partition coefficient (Wildman–Crippen LogP) is 2.16. The van der Waals surface area contributed by atoms with Gasteiger partial charge in [0.25, 0.3) is 5.91 Å². The second-order valence-electron chi connectivity index (χ2n) is 8.58. The van der Waals surface area contributed by atoms with Gasteiger partial charge in [0, 0.05) is 18.2 Å². The molecule has 1 aromatic carbocycles. The average molecular weight is 383 g/mol. The highest BCUT2D eigenvalue weighted by Crippen LogP contribution is 2.30. The molecule has 3 atom stereocenters. The number of rotatable bonds is 4. The molecule has 2 N–H and O–H groups in total. The lowest BCUT2D eigenvalue weighted by Gasteiger charge is -2.36. The first-order valence-electron chi connectivity index (χ1n) is 10.5. The number of hydrogen-bond acceptors (Lipinski definition) is 3. The first-order chi connectivity index (χ1) is 13.5. The van der Waals surface area contributed by atoms with Gasteiger partial charge in [0.2, 0.25) is 11.8 Å². The summed E-state index contributed by atoms with van der Waals surface area (Å²) in [5.74, 6) is 0.314. The Hall–Kier alpha value is -2.37. The van der Waals surface area contributed by atoms with Crippen molar-refractivity contribution in [2.24, 2.45) is 5.92 Å². The molecule has 0 aromatic heterocycles. The summed E-state index contributed by atoms with van der Waals surface area (Å²) in [5.41, 5.74) is 1.63. The first-order valence-corrected chi connectivity index (χ1v) is 10.5. The standard InChI is InChI=1S/C22H29N3O3/c1-14-6-5-9-16(10-14)20(26)23-17-12-19-21(27)24-18(22(28)25(19)13-17)11-15-7-3-2-4-8-15/h5-6,9-10,15,17-19H,2-4,7-8,11-13H2,1H3,(H,23,26)(H,24,27)/t17-,18-,19-/m0/s1. The van der Waals surface area contributed by atoms with Crippen LogP contribution in [0.25, 0.3) is 0 Å². The Morgan fingerprint density at radius 1 is 1.21 bits per heavy atom. The van der Waals surface area contributed by atoms with Crippen molar-refractivity contribution in [2.45, 2.75) is 70.0 Å². The highest BCUT2D eigenvalue weighted by molar-refractivity contribution is 5.98. The van der Waals surface area contributed by atoms with Crippen LogP contribution in [0.2, 0.25) is 0 Å².